The highest BCUT2D eigenvalue weighted by molar-refractivity contribution is 8.01. The molecule has 0 spiro atoms. The second kappa shape index (κ2) is 5.25. The SMILES string of the molecule is CC(C)(CNC(=O)C1Cc2ccccc2S1)C(=O)O. The molecule has 4 nitrogen and oxygen atoms in total. The summed E-state index contributed by atoms with van der Waals surface area (Å²) in [7, 11) is 0. The zero-order chi connectivity index (χ0) is 14.0. The van der Waals surface area contributed by atoms with Crippen LogP contribution in [0.5, 0.6) is 0 Å². The molecule has 0 bridgehead atoms. The molecule has 1 amide bonds. The number of benzene rings is 1. The summed E-state index contributed by atoms with van der Waals surface area (Å²) in [6.07, 6.45) is 0.709. The van der Waals surface area contributed by atoms with Crippen molar-refractivity contribution in [2.24, 2.45) is 5.41 Å². The summed E-state index contributed by atoms with van der Waals surface area (Å²) in [5, 5.41) is 11.6. The van der Waals surface area contributed by atoms with E-state index in [0.717, 1.165) is 4.90 Å². The average Bonchev–Trinajstić information content (AvgIpc) is 2.79. The Bertz CT molecular complexity index is 488. The zero-order valence-corrected chi connectivity index (χ0v) is 11.8. The summed E-state index contributed by atoms with van der Waals surface area (Å²) in [5.74, 6) is -0.995. The number of carboxylic acid groups (broad SMARTS) is 1. The highest BCUT2D eigenvalue weighted by atomic mass is 32.2. The number of carbonyl (C=O) groups excluding carboxylic acids is 1. The van der Waals surface area contributed by atoms with E-state index in [2.05, 4.69) is 5.32 Å². The first-order chi connectivity index (χ1) is 8.90. The molecular weight excluding hydrogens is 262 g/mol. The van der Waals surface area contributed by atoms with Gasteiger partial charge in [0.25, 0.3) is 0 Å². The van der Waals surface area contributed by atoms with Gasteiger partial charge in [0, 0.05) is 11.4 Å². The molecule has 0 fully saturated rings. The Hall–Kier alpha value is -1.49. The number of aliphatic carboxylic acids is 1. The largest absolute Gasteiger partial charge is 0.481 e. The first kappa shape index (κ1) is 13.9. The summed E-state index contributed by atoms with van der Waals surface area (Å²) in [6, 6.07) is 7.96. The Labute approximate surface area is 116 Å². The van der Waals surface area contributed by atoms with E-state index in [1.807, 2.05) is 24.3 Å². The van der Waals surface area contributed by atoms with Gasteiger partial charge in [-0.3, -0.25) is 9.59 Å². The summed E-state index contributed by atoms with van der Waals surface area (Å²) in [6.45, 7) is 3.35. The Balaban J connectivity index is 1.92. The van der Waals surface area contributed by atoms with Gasteiger partial charge in [0.05, 0.1) is 10.7 Å². The number of thioether (sulfide) groups is 1. The van der Waals surface area contributed by atoms with Crippen LogP contribution in [0.4, 0.5) is 0 Å². The number of amides is 1. The van der Waals surface area contributed by atoms with Crippen LogP contribution < -0.4 is 5.32 Å². The molecule has 5 heteroatoms. The van der Waals surface area contributed by atoms with Gasteiger partial charge in [-0.25, -0.2) is 0 Å². The van der Waals surface area contributed by atoms with Crippen LogP contribution in [0, 0.1) is 5.41 Å². The molecule has 0 aromatic heterocycles. The summed E-state index contributed by atoms with van der Waals surface area (Å²) in [5.41, 5.74) is 0.247. The van der Waals surface area contributed by atoms with Crippen LogP contribution in [0.3, 0.4) is 0 Å². The fourth-order valence-corrected chi connectivity index (χ4v) is 3.05. The smallest absolute Gasteiger partial charge is 0.310 e. The Morgan fingerprint density at radius 2 is 2.11 bits per heavy atom. The maximum Gasteiger partial charge on any atom is 0.310 e. The lowest BCUT2D eigenvalue weighted by Gasteiger charge is -2.20. The summed E-state index contributed by atoms with van der Waals surface area (Å²) in [4.78, 5) is 24.2. The molecule has 1 aliphatic heterocycles. The van der Waals surface area contributed by atoms with Gasteiger partial charge in [0.15, 0.2) is 0 Å². The molecule has 2 N–H and O–H groups in total. The summed E-state index contributed by atoms with van der Waals surface area (Å²) < 4.78 is 0. The lowest BCUT2D eigenvalue weighted by Crippen LogP contribution is -2.42. The molecule has 0 saturated heterocycles. The molecule has 1 atom stereocenters. The first-order valence-corrected chi connectivity index (χ1v) is 7.04. The average molecular weight is 279 g/mol. The third kappa shape index (κ3) is 3.10. The van der Waals surface area contributed by atoms with Crippen molar-refractivity contribution in [1.82, 2.24) is 5.32 Å². The Morgan fingerprint density at radius 1 is 1.42 bits per heavy atom. The number of nitrogens with one attached hydrogen (secondary N) is 1. The lowest BCUT2D eigenvalue weighted by molar-refractivity contribution is -0.146. The van der Waals surface area contributed by atoms with Crippen molar-refractivity contribution in [3.05, 3.63) is 29.8 Å². The molecule has 19 heavy (non-hydrogen) atoms. The van der Waals surface area contributed by atoms with Crippen molar-refractivity contribution in [2.45, 2.75) is 30.4 Å². The highest BCUT2D eigenvalue weighted by Crippen LogP contribution is 2.36. The zero-order valence-electron chi connectivity index (χ0n) is 11.0. The first-order valence-electron chi connectivity index (χ1n) is 6.16. The molecular formula is C14H17NO3S. The fraction of sp³-hybridized carbons (Fsp3) is 0.429. The van der Waals surface area contributed by atoms with Gasteiger partial charge >= 0.3 is 5.97 Å². The van der Waals surface area contributed by atoms with E-state index in [-0.39, 0.29) is 17.7 Å². The van der Waals surface area contributed by atoms with Gasteiger partial charge < -0.3 is 10.4 Å². The molecule has 1 unspecified atom stereocenters. The molecule has 2 rings (SSSR count). The maximum atomic E-state index is 12.1. The van der Waals surface area contributed by atoms with Crippen molar-refractivity contribution in [2.75, 3.05) is 6.54 Å². The van der Waals surface area contributed by atoms with Crippen molar-refractivity contribution < 1.29 is 14.7 Å². The lowest BCUT2D eigenvalue weighted by atomic mass is 9.94. The third-order valence-electron chi connectivity index (χ3n) is 3.22. The number of carbonyl (C=O) groups is 2. The van der Waals surface area contributed by atoms with Crippen LogP contribution in [0.1, 0.15) is 19.4 Å². The molecule has 1 aromatic carbocycles. The number of hydrogen-bond donors (Lipinski definition) is 2. The van der Waals surface area contributed by atoms with Crippen molar-refractivity contribution in [1.29, 1.82) is 0 Å². The van der Waals surface area contributed by atoms with Crippen molar-refractivity contribution in [3.8, 4) is 0 Å². The van der Waals surface area contributed by atoms with Gasteiger partial charge in [0.2, 0.25) is 5.91 Å². The van der Waals surface area contributed by atoms with Crippen LogP contribution in [0.15, 0.2) is 29.2 Å². The third-order valence-corrected chi connectivity index (χ3v) is 4.54. The molecule has 0 saturated carbocycles. The van der Waals surface area contributed by atoms with Gasteiger partial charge in [-0.05, 0) is 31.9 Å². The van der Waals surface area contributed by atoms with Crippen LogP contribution >= 0.6 is 11.8 Å². The number of fused-ring (bicyclic) bond motifs is 1. The van der Waals surface area contributed by atoms with Crippen LogP contribution in [-0.4, -0.2) is 28.8 Å². The van der Waals surface area contributed by atoms with E-state index in [4.69, 9.17) is 5.11 Å². The maximum absolute atomic E-state index is 12.1. The van der Waals surface area contributed by atoms with E-state index < -0.39 is 11.4 Å². The van der Waals surface area contributed by atoms with Gasteiger partial charge in [-0.15, -0.1) is 11.8 Å². The minimum atomic E-state index is -0.939. The van der Waals surface area contributed by atoms with Crippen molar-refractivity contribution >= 4 is 23.6 Å². The van der Waals surface area contributed by atoms with Crippen LogP contribution in [0.25, 0.3) is 0 Å². The van der Waals surface area contributed by atoms with E-state index in [9.17, 15) is 9.59 Å². The van der Waals surface area contributed by atoms with E-state index >= 15 is 0 Å². The predicted molar refractivity (Wildman–Crippen MR) is 74.2 cm³/mol. The topological polar surface area (TPSA) is 66.4 Å². The molecule has 1 heterocycles. The molecule has 102 valence electrons. The fourth-order valence-electron chi connectivity index (χ4n) is 1.83. The van der Waals surface area contributed by atoms with Crippen LogP contribution in [-0.2, 0) is 16.0 Å². The quantitative estimate of drug-likeness (QED) is 0.884. The van der Waals surface area contributed by atoms with Crippen molar-refractivity contribution in [3.63, 3.8) is 0 Å². The van der Waals surface area contributed by atoms with Gasteiger partial charge in [-0.1, -0.05) is 18.2 Å². The standard InChI is InChI=1S/C14H17NO3S/c1-14(2,13(17)18)8-15-12(16)11-7-9-5-3-4-6-10(9)19-11/h3-6,11H,7-8H2,1-2H3,(H,15,16)(H,17,18). The predicted octanol–water partition coefficient (Wildman–Crippen LogP) is 1.93. The van der Waals surface area contributed by atoms with E-state index in [0.29, 0.717) is 6.42 Å². The minimum absolute atomic E-state index is 0.0875. The summed E-state index contributed by atoms with van der Waals surface area (Å²) >= 11 is 1.54. The monoisotopic (exact) mass is 279 g/mol. The van der Waals surface area contributed by atoms with Gasteiger partial charge in [-0.2, -0.15) is 0 Å². The number of hydrogen-bond acceptors (Lipinski definition) is 3. The minimum Gasteiger partial charge on any atom is -0.481 e. The Kier molecular flexibility index (Phi) is 3.85. The second-order valence-corrected chi connectivity index (χ2v) is 6.57. The second-order valence-electron chi connectivity index (χ2n) is 5.33. The normalized spacial score (nSPS) is 17.9. The molecule has 0 aliphatic carbocycles. The van der Waals surface area contributed by atoms with Crippen LogP contribution in [0.2, 0.25) is 0 Å². The molecule has 1 aromatic rings. The molecule has 1 aliphatic rings. The Morgan fingerprint density at radius 3 is 2.74 bits per heavy atom. The number of carboxylic acids is 1. The highest BCUT2D eigenvalue weighted by Gasteiger charge is 2.31. The van der Waals surface area contributed by atoms with Gasteiger partial charge in [0.1, 0.15) is 0 Å². The molecule has 0 radical (unpaired) electrons. The van der Waals surface area contributed by atoms with E-state index in [1.54, 1.807) is 25.6 Å². The number of rotatable bonds is 4. The van der Waals surface area contributed by atoms with E-state index in [1.165, 1.54) is 5.56 Å².